The fourth-order valence-corrected chi connectivity index (χ4v) is 4.31. The zero-order chi connectivity index (χ0) is 23.0. The Morgan fingerprint density at radius 1 is 1.06 bits per heavy atom. The number of hydrogen-bond donors (Lipinski definition) is 1. The molecule has 0 aliphatic carbocycles. The Kier molecular flexibility index (Phi) is 10.2. The maximum absolute atomic E-state index is 13.2. The van der Waals surface area contributed by atoms with Gasteiger partial charge in [0.2, 0.25) is 11.8 Å². The van der Waals surface area contributed by atoms with Gasteiger partial charge in [0, 0.05) is 33.9 Å². The van der Waals surface area contributed by atoms with Crippen molar-refractivity contribution in [1.29, 1.82) is 0 Å². The second kappa shape index (κ2) is 12.4. The van der Waals surface area contributed by atoms with E-state index in [2.05, 4.69) is 29.6 Å². The van der Waals surface area contributed by atoms with Crippen LogP contribution in [-0.2, 0) is 21.9 Å². The number of nitrogens with zero attached hydrogens (tertiary/aromatic N) is 1. The highest BCUT2D eigenvalue weighted by Gasteiger charge is 2.27. The van der Waals surface area contributed by atoms with Crippen LogP contribution in [0.3, 0.4) is 0 Å². The largest absolute Gasteiger partial charge is 0.352 e. The molecule has 0 unspecified atom stereocenters. The lowest BCUT2D eigenvalue weighted by molar-refractivity contribution is -0.138. The summed E-state index contributed by atoms with van der Waals surface area (Å²) in [6.45, 7) is 7.91. The molecule has 0 saturated heterocycles. The van der Waals surface area contributed by atoms with E-state index >= 15 is 0 Å². The Morgan fingerprint density at radius 2 is 1.68 bits per heavy atom. The number of nitrogens with one attached hydrogen (secondary N) is 1. The molecule has 4 nitrogen and oxygen atoms in total. The van der Waals surface area contributed by atoms with E-state index in [4.69, 9.17) is 23.2 Å². The molecule has 0 fully saturated rings. The monoisotopic (exact) mass is 480 g/mol. The normalized spacial score (nSPS) is 12.8. The molecule has 0 heterocycles. The summed E-state index contributed by atoms with van der Waals surface area (Å²) in [4.78, 5) is 27.5. The van der Waals surface area contributed by atoms with Gasteiger partial charge in [-0.15, -0.1) is 11.8 Å². The lowest BCUT2D eigenvalue weighted by Gasteiger charge is -2.30. The summed E-state index contributed by atoms with van der Waals surface area (Å²) < 4.78 is 0. The first-order valence-electron chi connectivity index (χ1n) is 10.4. The minimum Gasteiger partial charge on any atom is -0.352 e. The van der Waals surface area contributed by atoms with Gasteiger partial charge in [0.25, 0.3) is 0 Å². The fourth-order valence-electron chi connectivity index (χ4n) is 2.93. The molecule has 0 aliphatic rings. The number of carbonyl (C=O) groups is 2. The van der Waals surface area contributed by atoms with Crippen LogP contribution in [0.4, 0.5) is 0 Å². The van der Waals surface area contributed by atoms with Crippen LogP contribution in [0, 0.1) is 6.92 Å². The van der Waals surface area contributed by atoms with Gasteiger partial charge in [0.05, 0.1) is 5.75 Å². The third kappa shape index (κ3) is 7.74. The third-order valence-corrected chi connectivity index (χ3v) is 6.87. The summed E-state index contributed by atoms with van der Waals surface area (Å²) in [5.74, 6) is 0.672. The van der Waals surface area contributed by atoms with Crippen LogP contribution in [0.25, 0.3) is 0 Å². The summed E-state index contributed by atoms with van der Waals surface area (Å²) in [6.07, 6.45) is 0.815. The molecule has 31 heavy (non-hydrogen) atoms. The van der Waals surface area contributed by atoms with Crippen molar-refractivity contribution in [3.63, 3.8) is 0 Å². The molecule has 7 heteroatoms. The lowest BCUT2D eigenvalue weighted by atomic mass is 10.1. The molecule has 2 rings (SSSR count). The lowest BCUT2D eigenvalue weighted by Crippen LogP contribution is -2.50. The number of hydrogen-bond acceptors (Lipinski definition) is 3. The summed E-state index contributed by atoms with van der Waals surface area (Å²) in [6, 6.07) is 12.9. The van der Waals surface area contributed by atoms with Crippen molar-refractivity contribution < 1.29 is 9.59 Å². The zero-order valence-corrected chi connectivity index (χ0v) is 20.8. The summed E-state index contributed by atoms with van der Waals surface area (Å²) in [5, 5.41) is 3.92. The van der Waals surface area contributed by atoms with E-state index in [-0.39, 0.29) is 30.2 Å². The predicted molar refractivity (Wildman–Crippen MR) is 132 cm³/mol. The van der Waals surface area contributed by atoms with Crippen molar-refractivity contribution in [1.82, 2.24) is 10.2 Å². The van der Waals surface area contributed by atoms with Crippen molar-refractivity contribution in [2.75, 3.05) is 5.75 Å². The average Bonchev–Trinajstić information content (AvgIpc) is 2.74. The Labute approximate surface area is 199 Å². The Balaban J connectivity index is 2.14. The van der Waals surface area contributed by atoms with Crippen LogP contribution in [0.1, 0.15) is 43.9 Å². The number of amides is 2. The smallest absolute Gasteiger partial charge is 0.242 e. The van der Waals surface area contributed by atoms with Gasteiger partial charge in [0.1, 0.15) is 6.04 Å². The number of thioether (sulfide) groups is 1. The summed E-state index contributed by atoms with van der Waals surface area (Å²) >= 11 is 14.2. The molecular formula is C24H30Cl2N2O2S. The summed E-state index contributed by atoms with van der Waals surface area (Å²) in [7, 11) is 0. The second-order valence-electron chi connectivity index (χ2n) is 7.69. The molecule has 0 spiro atoms. The van der Waals surface area contributed by atoms with Gasteiger partial charge in [-0.2, -0.15) is 0 Å². The molecule has 2 atom stereocenters. The molecule has 0 aliphatic heterocycles. The van der Waals surface area contributed by atoms with Crippen molar-refractivity contribution >= 4 is 46.8 Å². The first-order chi connectivity index (χ1) is 14.7. The van der Waals surface area contributed by atoms with Gasteiger partial charge >= 0.3 is 0 Å². The molecule has 2 amide bonds. The zero-order valence-electron chi connectivity index (χ0n) is 18.5. The Hall–Kier alpha value is -1.69. The van der Waals surface area contributed by atoms with Crippen molar-refractivity contribution in [2.45, 2.75) is 58.5 Å². The van der Waals surface area contributed by atoms with Crippen LogP contribution in [0.15, 0.2) is 42.5 Å². The van der Waals surface area contributed by atoms with E-state index in [9.17, 15) is 9.59 Å². The highest BCUT2D eigenvalue weighted by Crippen LogP contribution is 2.27. The van der Waals surface area contributed by atoms with E-state index in [1.165, 1.54) is 17.3 Å². The predicted octanol–water partition coefficient (Wildman–Crippen LogP) is 5.87. The number of carbonyl (C=O) groups excluding carboxylic acids is 2. The second-order valence-corrected chi connectivity index (χ2v) is 9.49. The Bertz CT molecular complexity index is 869. The molecule has 0 bridgehead atoms. The van der Waals surface area contributed by atoms with Crippen molar-refractivity contribution in [3.05, 3.63) is 69.2 Å². The molecular weight excluding hydrogens is 451 g/mol. The molecule has 168 valence electrons. The standard InChI is InChI=1S/C24H30Cl2N2O2S/c1-5-17(3)27-24(30)18(4)28(13-20-21(25)7-6-8-22(20)26)23(29)15-31-14-19-11-9-16(2)10-12-19/h6-12,17-18H,5,13-15H2,1-4H3,(H,27,30)/t17-,18+/m1/s1. The number of halogens is 2. The molecule has 2 aromatic rings. The van der Waals surface area contributed by atoms with Gasteiger partial charge in [-0.3, -0.25) is 9.59 Å². The van der Waals surface area contributed by atoms with E-state index in [0.29, 0.717) is 15.6 Å². The number of aryl methyl sites for hydroxylation is 1. The van der Waals surface area contributed by atoms with Gasteiger partial charge in [-0.25, -0.2) is 0 Å². The van der Waals surface area contributed by atoms with E-state index in [0.717, 1.165) is 17.7 Å². The van der Waals surface area contributed by atoms with Gasteiger partial charge < -0.3 is 10.2 Å². The number of rotatable bonds is 10. The van der Waals surface area contributed by atoms with E-state index in [1.54, 1.807) is 30.0 Å². The van der Waals surface area contributed by atoms with Gasteiger partial charge in [-0.1, -0.05) is 66.0 Å². The topological polar surface area (TPSA) is 49.4 Å². The highest BCUT2D eigenvalue weighted by atomic mass is 35.5. The third-order valence-electron chi connectivity index (χ3n) is 5.17. The molecule has 1 N–H and O–H groups in total. The Morgan fingerprint density at radius 3 is 2.26 bits per heavy atom. The molecule has 0 aromatic heterocycles. The van der Waals surface area contributed by atoms with Crippen LogP contribution in [0.2, 0.25) is 10.0 Å². The molecule has 0 saturated carbocycles. The van der Waals surface area contributed by atoms with Crippen LogP contribution < -0.4 is 5.32 Å². The van der Waals surface area contributed by atoms with Crippen LogP contribution in [-0.4, -0.2) is 34.6 Å². The molecule has 2 aromatic carbocycles. The summed E-state index contributed by atoms with van der Waals surface area (Å²) in [5.41, 5.74) is 3.01. The first kappa shape index (κ1) is 25.6. The fraction of sp³-hybridized carbons (Fsp3) is 0.417. The van der Waals surface area contributed by atoms with Crippen LogP contribution in [0.5, 0.6) is 0 Å². The first-order valence-corrected chi connectivity index (χ1v) is 12.3. The maximum Gasteiger partial charge on any atom is 0.242 e. The van der Waals surface area contributed by atoms with Gasteiger partial charge in [0.15, 0.2) is 0 Å². The van der Waals surface area contributed by atoms with Crippen molar-refractivity contribution in [3.8, 4) is 0 Å². The SMILES string of the molecule is CC[C@@H](C)NC(=O)[C@H](C)N(Cc1c(Cl)cccc1Cl)C(=O)CSCc1ccc(C)cc1. The van der Waals surface area contributed by atoms with E-state index in [1.807, 2.05) is 20.8 Å². The van der Waals surface area contributed by atoms with Gasteiger partial charge in [-0.05, 0) is 44.9 Å². The minimum atomic E-state index is -0.645. The maximum atomic E-state index is 13.2. The van der Waals surface area contributed by atoms with Crippen molar-refractivity contribution in [2.24, 2.45) is 0 Å². The molecule has 0 radical (unpaired) electrons. The van der Waals surface area contributed by atoms with Crippen LogP contribution >= 0.6 is 35.0 Å². The average molecular weight is 481 g/mol. The van der Waals surface area contributed by atoms with E-state index < -0.39 is 6.04 Å². The quantitative estimate of drug-likeness (QED) is 0.462. The number of benzene rings is 2. The minimum absolute atomic E-state index is 0.0340. The highest BCUT2D eigenvalue weighted by molar-refractivity contribution is 7.99.